The predicted octanol–water partition coefficient (Wildman–Crippen LogP) is 1.87. The molecule has 2 aromatic heterocycles. The van der Waals surface area contributed by atoms with E-state index in [1.165, 1.54) is 0 Å². The standard InChI is InChI=1S/C18H17N5O3/c1-12-17(25)22(13-6-2-3-7-14(13)26-12)11-9-16(24)19-18-21-20-15-8-4-5-10-23(15)18/h2-8,10,12H,9,11H2,1H3,(H,19,21,24)/t12-/m1/s1. The predicted molar refractivity (Wildman–Crippen MR) is 95.1 cm³/mol. The number of nitrogens with one attached hydrogen (secondary N) is 1. The van der Waals surface area contributed by atoms with Gasteiger partial charge in [-0.2, -0.15) is 0 Å². The Balaban J connectivity index is 1.47. The molecule has 0 radical (unpaired) electrons. The van der Waals surface area contributed by atoms with Gasteiger partial charge in [0.2, 0.25) is 11.9 Å². The summed E-state index contributed by atoms with van der Waals surface area (Å²) >= 11 is 0. The second-order valence-electron chi connectivity index (χ2n) is 5.97. The van der Waals surface area contributed by atoms with E-state index >= 15 is 0 Å². The van der Waals surface area contributed by atoms with Crippen LogP contribution in [0.1, 0.15) is 13.3 Å². The van der Waals surface area contributed by atoms with Crippen LogP contribution >= 0.6 is 0 Å². The van der Waals surface area contributed by atoms with Crippen LogP contribution in [0.4, 0.5) is 11.6 Å². The van der Waals surface area contributed by atoms with Crippen LogP contribution in [-0.4, -0.2) is 39.1 Å². The Morgan fingerprint density at radius 2 is 2.00 bits per heavy atom. The average Bonchev–Trinajstić information content (AvgIpc) is 3.05. The highest BCUT2D eigenvalue weighted by Gasteiger charge is 2.31. The Hall–Kier alpha value is -3.42. The summed E-state index contributed by atoms with van der Waals surface area (Å²) in [7, 11) is 0. The summed E-state index contributed by atoms with van der Waals surface area (Å²) in [5, 5.41) is 10.7. The first-order valence-corrected chi connectivity index (χ1v) is 8.30. The molecule has 0 bridgehead atoms. The van der Waals surface area contributed by atoms with Gasteiger partial charge in [-0.15, -0.1) is 10.2 Å². The van der Waals surface area contributed by atoms with Gasteiger partial charge in [-0.25, -0.2) is 0 Å². The number of benzene rings is 1. The van der Waals surface area contributed by atoms with Crippen LogP contribution in [0, 0.1) is 0 Å². The Bertz CT molecular complexity index is 984. The van der Waals surface area contributed by atoms with Gasteiger partial charge >= 0.3 is 0 Å². The van der Waals surface area contributed by atoms with Crippen LogP contribution in [-0.2, 0) is 9.59 Å². The normalized spacial score (nSPS) is 16.3. The maximum absolute atomic E-state index is 12.4. The molecule has 0 aliphatic carbocycles. The Morgan fingerprint density at radius 3 is 2.88 bits per heavy atom. The van der Waals surface area contributed by atoms with Gasteiger partial charge in [-0.1, -0.05) is 18.2 Å². The molecule has 0 saturated heterocycles. The first-order chi connectivity index (χ1) is 12.6. The Kier molecular flexibility index (Phi) is 4.00. The molecule has 26 heavy (non-hydrogen) atoms. The molecule has 8 nitrogen and oxygen atoms in total. The van der Waals surface area contributed by atoms with Crippen molar-refractivity contribution in [2.75, 3.05) is 16.8 Å². The number of nitrogens with zero attached hydrogens (tertiary/aromatic N) is 4. The van der Waals surface area contributed by atoms with Crippen LogP contribution < -0.4 is 15.0 Å². The van der Waals surface area contributed by atoms with E-state index in [4.69, 9.17) is 4.74 Å². The van der Waals surface area contributed by atoms with Crippen molar-refractivity contribution in [1.82, 2.24) is 14.6 Å². The number of hydrogen-bond acceptors (Lipinski definition) is 5. The summed E-state index contributed by atoms with van der Waals surface area (Å²) in [6, 6.07) is 12.8. The molecule has 0 spiro atoms. The van der Waals surface area contributed by atoms with Gasteiger partial charge < -0.3 is 9.64 Å². The topological polar surface area (TPSA) is 88.8 Å². The number of fused-ring (bicyclic) bond motifs is 2. The van der Waals surface area contributed by atoms with E-state index in [0.717, 1.165) is 0 Å². The molecule has 3 heterocycles. The number of carbonyl (C=O) groups excluding carboxylic acids is 2. The molecular weight excluding hydrogens is 334 g/mol. The van der Waals surface area contributed by atoms with Gasteiger partial charge in [0.25, 0.3) is 5.91 Å². The molecular formula is C18H17N5O3. The number of para-hydroxylation sites is 2. The van der Waals surface area contributed by atoms with Crippen molar-refractivity contribution in [2.45, 2.75) is 19.4 Å². The van der Waals surface area contributed by atoms with E-state index in [-0.39, 0.29) is 24.8 Å². The van der Waals surface area contributed by atoms with Gasteiger partial charge in [0.05, 0.1) is 5.69 Å². The molecule has 8 heteroatoms. The molecule has 1 N–H and O–H groups in total. The fourth-order valence-electron chi connectivity index (χ4n) is 2.92. The SMILES string of the molecule is C[C@H]1Oc2ccccc2N(CCC(=O)Nc2nnc3ccccn23)C1=O. The van der Waals surface area contributed by atoms with Crippen LogP contribution in [0.5, 0.6) is 5.75 Å². The van der Waals surface area contributed by atoms with Gasteiger partial charge in [-0.3, -0.25) is 19.3 Å². The summed E-state index contributed by atoms with van der Waals surface area (Å²) in [4.78, 5) is 26.4. The largest absolute Gasteiger partial charge is 0.479 e. The molecule has 4 rings (SSSR count). The highest BCUT2D eigenvalue weighted by Crippen LogP contribution is 2.33. The van der Waals surface area contributed by atoms with E-state index < -0.39 is 6.10 Å². The molecule has 0 saturated carbocycles. The van der Waals surface area contributed by atoms with Crippen molar-refractivity contribution < 1.29 is 14.3 Å². The van der Waals surface area contributed by atoms with E-state index in [0.29, 0.717) is 23.0 Å². The zero-order valence-corrected chi connectivity index (χ0v) is 14.1. The number of ether oxygens (including phenoxy) is 1. The minimum absolute atomic E-state index is 0.133. The molecule has 2 amide bonds. The second-order valence-corrected chi connectivity index (χ2v) is 5.97. The minimum atomic E-state index is -0.576. The minimum Gasteiger partial charge on any atom is -0.479 e. The Labute approximate surface area is 149 Å². The molecule has 132 valence electrons. The lowest BCUT2D eigenvalue weighted by Crippen LogP contribution is -2.45. The molecule has 1 atom stereocenters. The van der Waals surface area contributed by atoms with Crippen molar-refractivity contribution in [3.8, 4) is 5.75 Å². The van der Waals surface area contributed by atoms with Gasteiger partial charge in [0.15, 0.2) is 11.8 Å². The van der Waals surface area contributed by atoms with Crippen LogP contribution in [0.25, 0.3) is 5.65 Å². The van der Waals surface area contributed by atoms with Gasteiger partial charge in [-0.05, 0) is 31.2 Å². The summed E-state index contributed by atoms with van der Waals surface area (Å²) in [5.74, 6) is 0.591. The third-order valence-corrected chi connectivity index (χ3v) is 4.20. The first kappa shape index (κ1) is 16.1. The third kappa shape index (κ3) is 2.85. The van der Waals surface area contributed by atoms with Gasteiger partial charge in [0.1, 0.15) is 5.75 Å². The van der Waals surface area contributed by atoms with E-state index in [1.54, 1.807) is 28.5 Å². The smallest absolute Gasteiger partial charge is 0.267 e. The number of anilines is 2. The number of carbonyl (C=O) groups is 2. The lowest BCUT2D eigenvalue weighted by molar-refractivity contribution is -0.125. The monoisotopic (exact) mass is 351 g/mol. The molecule has 1 aliphatic heterocycles. The van der Waals surface area contributed by atoms with Crippen LogP contribution in [0.3, 0.4) is 0 Å². The maximum Gasteiger partial charge on any atom is 0.267 e. The molecule has 0 unspecified atom stereocenters. The number of pyridine rings is 1. The zero-order chi connectivity index (χ0) is 18.1. The van der Waals surface area contributed by atoms with Crippen molar-refractivity contribution in [2.24, 2.45) is 0 Å². The highest BCUT2D eigenvalue weighted by molar-refractivity contribution is 6.00. The van der Waals surface area contributed by atoms with E-state index in [2.05, 4.69) is 15.5 Å². The number of rotatable bonds is 4. The van der Waals surface area contributed by atoms with Crippen molar-refractivity contribution in [1.29, 1.82) is 0 Å². The maximum atomic E-state index is 12.4. The number of hydrogen-bond donors (Lipinski definition) is 1. The highest BCUT2D eigenvalue weighted by atomic mass is 16.5. The second kappa shape index (κ2) is 6.47. The Morgan fingerprint density at radius 1 is 1.19 bits per heavy atom. The summed E-state index contributed by atoms with van der Waals surface area (Å²) in [6.45, 7) is 1.96. The van der Waals surface area contributed by atoms with E-state index in [1.807, 2.05) is 36.4 Å². The summed E-state index contributed by atoms with van der Waals surface area (Å²) in [5.41, 5.74) is 1.32. The summed E-state index contributed by atoms with van der Waals surface area (Å²) in [6.07, 6.45) is 1.33. The third-order valence-electron chi connectivity index (χ3n) is 4.20. The number of aromatic nitrogens is 3. The summed E-state index contributed by atoms with van der Waals surface area (Å²) < 4.78 is 7.29. The average molecular weight is 351 g/mol. The van der Waals surface area contributed by atoms with Crippen LogP contribution in [0.15, 0.2) is 48.7 Å². The first-order valence-electron chi connectivity index (χ1n) is 8.30. The lowest BCUT2D eigenvalue weighted by Gasteiger charge is -2.32. The molecule has 1 aromatic carbocycles. The number of amides is 2. The van der Waals surface area contributed by atoms with E-state index in [9.17, 15) is 9.59 Å². The molecule has 0 fully saturated rings. The quantitative estimate of drug-likeness (QED) is 0.775. The van der Waals surface area contributed by atoms with Gasteiger partial charge in [0, 0.05) is 19.2 Å². The fraction of sp³-hybridized carbons (Fsp3) is 0.222. The van der Waals surface area contributed by atoms with Crippen molar-refractivity contribution in [3.63, 3.8) is 0 Å². The van der Waals surface area contributed by atoms with Crippen molar-refractivity contribution in [3.05, 3.63) is 48.7 Å². The molecule has 1 aliphatic rings. The lowest BCUT2D eigenvalue weighted by atomic mass is 10.1. The molecule has 3 aromatic rings. The zero-order valence-electron chi connectivity index (χ0n) is 14.1. The van der Waals surface area contributed by atoms with Crippen LogP contribution in [0.2, 0.25) is 0 Å². The fourth-order valence-corrected chi connectivity index (χ4v) is 2.92. The van der Waals surface area contributed by atoms with Crippen molar-refractivity contribution >= 4 is 29.1 Å².